The van der Waals surface area contributed by atoms with Crippen LogP contribution < -0.4 is 10.1 Å². The Kier molecular flexibility index (Phi) is 9.46. The molecular formula is C14H21Br2NO3. The van der Waals surface area contributed by atoms with Gasteiger partial charge in [0.05, 0.1) is 22.2 Å². The highest BCUT2D eigenvalue weighted by Gasteiger charge is 2.09. The molecule has 0 saturated carbocycles. The molecule has 0 aliphatic heterocycles. The second kappa shape index (κ2) is 10.6. The number of hydrogen-bond acceptors (Lipinski definition) is 4. The van der Waals surface area contributed by atoms with Gasteiger partial charge in [-0.25, -0.2) is 0 Å². The highest BCUT2D eigenvalue weighted by molar-refractivity contribution is 9.11. The zero-order chi connectivity index (χ0) is 14.8. The fraction of sp³-hybridized carbons (Fsp3) is 0.571. The molecule has 114 valence electrons. The van der Waals surface area contributed by atoms with Gasteiger partial charge in [0.1, 0.15) is 5.75 Å². The van der Waals surface area contributed by atoms with E-state index in [1.54, 1.807) is 7.11 Å². The molecular weight excluding hydrogens is 390 g/mol. The number of hydrogen-bond donors (Lipinski definition) is 2. The summed E-state index contributed by atoms with van der Waals surface area (Å²) in [6, 6.07) is 4.10. The maximum absolute atomic E-state index is 8.74. The molecule has 6 heteroatoms. The summed E-state index contributed by atoms with van der Waals surface area (Å²) in [5.74, 6) is 0.809. The summed E-state index contributed by atoms with van der Waals surface area (Å²) in [5.41, 5.74) is 1.17. The molecule has 0 aliphatic carbocycles. The molecule has 1 aromatic rings. The molecule has 0 atom stereocenters. The molecule has 1 rings (SSSR count). The van der Waals surface area contributed by atoms with Crippen molar-refractivity contribution in [1.29, 1.82) is 0 Å². The van der Waals surface area contributed by atoms with Crippen LogP contribution in [0, 0.1) is 0 Å². The average Bonchev–Trinajstić information content (AvgIpc) is 2.42. The molecule has 0 spiro atoms. The van der Waals surface area contributed by atoms with E-state index in [0.717, 1.165) is 40.6 Å². The number of halogens is 2. The van der Waals surface area contributed by atoms with Crippen LogP contribution in [0.25, 0.3) is 0 Å². The first-order valence-electron chi connectivity index (χ1n) is 6.60. The summed E-state index contributed by atoms with van der Waals surface area (Å²) in [6.07, 6.45) is 1.60. The van der Waals surface area contributed by atoms with Crippen LogP contribution in [0.4, 0.5) is 0 Å². The minimum absolute atomic E-state index is 0.206. The maximum atomic E-state index is 8.74. The summed E-state index contributed by atoms with van der Waals surface area (Å²) < 4.78 is 12.6. The van der Waals surface area contributed by atoms with Gasteiger partial charge in [0.25, 0.3) is 0 Å². The first-order valence-corrected chi connectivity index (χ1v) is 8.19. The van der Waals surface area contributed by atoms with Crippen LogP contribution in [-0.2, 0) is 11.3 Å². The van der Waals surface area contributed by atoms with Crippen molar-refractivity contribution in [3.05, 3.63) is 26.6 Å². The third kappa shape index (κ3) is 6.54. The van der Waals surface area contributed by atoms with Gasteiger partial charge in [-0.2, -0.15) is 0 Å². The average molecular weight is 411 g/mol. The largest absolute Gasteiger partial charge is 0.491 e. The van der Waals surface area contributed by atoms with Crippen molar-refractivity contribution < 1.29 is 14.6 Å². The quantitative estimate of drug-likeness (QED) is 0.582. The first kappa shape index (κ1) is 17.9. The van der Waals surface area contributed by atoms with E-state index in [-0.39, 0.29) is 6.61 Å². The number of rotatable bonds is 10. The SMILES string of the molecule is COCCNCc1cc(Br)c(OCCCCO)c(Br)c1. The van der Waals surface area contributed by atoms with Gasteiger partial charge in [0.15, 0.2) is 0 Å². The number of unbranched alkanes of at least 4 members (excludes halogenated alkanes) is 1. The Morgan fingerprint density at radius 2 is 1.85 bits per heavy atom. The van der Waals surface area contributed by atoms with Gasteiger partial charge < -0.3 is 19.9 Å². The number of aliphatic hydroxyl groups is 1. The van der Waals surface area contributed by atoms with Crippen molar-refractivity contribution in [1.82, 2.24) is 5.32 Å². The molecule has 0 aromatic heterocycles. The lowest BCUT2D eigenvalue weighted by molar-refractivity contribution is 0.199. The van der Waals surface area contributed by atoms with Gasteiger partial charge in [-0.15, -0.1) is 0 Å². The second-order valence-electron chi connectivity index (χ2n) is 4.34. The second-order valence-corrected chi connectivity index (χ2v) is 6.05. The van der Waals surface area contributed by atoms with E-state index in [9.17, 15) is 0 Å². The molecule has 2 N–H and O–H groups in total. The third-order valence-corrected chi connectivity index (χ3v) is 3.85. The highest BCUT2D eigenvalue weighted by Crippen LogP contribution is 2.34. The Labute approximate surface area is 137 Å². The maximum Gasteiger partial charge on any atom is 0.147 e. The zero-order valence-electron chi connectivity index (χ0n) is 11.6. The molecule has 0 bridgehead atoms. The lowest BCUT2D eigenvalue weighted by Crippen LogP contribution is -2.18. The highest BCUT2D eigenvalue weighted by atomic mass is 79.9. The van der Waals surface area contributed by atoms with Crippen LogP contribution in [0.3, 0.4) is 0 Å². The van der Waals surface area contributed by atoms with Crippen LogP contribution in [0.5, 0.6) is 5.75 Å². The van der Waals surface area contributed by atoms with Gasteiger partial charge in [0, 0.05) is 26.8 Å². The van der Waals surface area contributed by atoms with Crippen molar-refractivity contribution in [3.8, 4) is 5.75 Å². The molecule has 1 aromatic carbocycles. The molecule has 0 amide bonds. The Hall–Kier alpha value is -0.140. The molecule has 20 heavy (non-hydrogen) atoms. The van der Waals surface area contributed by atoms with E-state index in [4.69, 9.17) is 14.6 Å². The van der Waals surface area contributed by atoms with Crippen LogP contribution >= 0.6 is 31.9 Å². The monoisotopic (exact) mass is 409 g/mol. The molecule has 0 unspecified atom stereocenters. The summed E-state index contributed by atoms with van der Waals surface area (Å²) >= 11 is 7.07. The third-order valence-electron chi connectivity index (χ3n) is 2.67. The number of aliphatic hydroxyl groups excluding tert-OH is 1. The van der Waals surface area contributed by atoms with Crippen LogP contribution in [0.1, 0.15) is 18.4 Å². The molecule has 4 nitrogen and oxygen atoms in total. The predicted molar refractivity (Wildman–Crippen MR) is 87.2 cm³/mol. The minimum Gasteiger partial charge on any atom is -0.491 e. The molecule has 0 fully saturated rings. The first-order chi connectivity index (χ1) is 9.69. The van der Waals surface area contributed by atoms with Crippen molar-refractivity contribution >= 4 is 31.9 Å². The van der Waals surface area contributed by atoms with Gasteiger partial charge >= 0.3 is 0 Å². The molecule has 0 radical (unpaired) electrons. The summed E-state index contributed by atoms with van der Waals surface area (Å²) in [5, 5.41) is 12.0. The molecule has 0 aliphatic rings. The van der Waals surface area contributed by atoms with E-state index in [2.05, 4.69) is 37.2 Å². The summed E-state index contributed by atoms with van der Waals surface area (Å²) in [4.78, 5) is 0. The fourth-order valence-corrected chi connectivity index (χ4v) is 3.16. The zero-order valence-corrected chi connectivity index (χ0v) is 14.8. The topological polar surface area (TPSA) is 50.7 Å². The Morgan fingerprint density at radius 3 is 2.45 bits per heavy atom. The number of nitrogens with one attached hydrogen (secondary N) is 1. The summed E-state index contributed by atoms with van der Waals surface area (Å²) in [6.45, 7) is 3.12. The van der Waals surface area contributed by atoms with E-state index in [1.165, 1.54) is 5.56 Å². The minimum atomic E-state index is 0.206. The number of ether oxygens (including phenoxy) is 2. The van der Waals surface area contributed by atoms with Gasteiger partial charge in [-0.3, -0.25) is 0 Å². The number of methoxy groups -OCH3 is 1. The van der Waals surface area contributed by atoms with E-state index in [0.29, 0.717) is 13.2 Å². The molecule has 0 heterocycles. The van der Waals surface area contributed by atoms with Crippen molar-refractivity contribution in [2.45, 2.75) is 19.4 Å². The van der Waals surface area contributed by atoms with Crippen LogP contribution in [-0.4, -0.2) is 38.6 Å². The van der Waals surface area contributed by atoms with E-state index in [1.807, 2.05) is 12.1 Å². The normalized spacial score (nSPS) is 10.8. The van der Waals surface area contributed by atoms with Gasteiger partial charge in [0.2, 0.25) is 0 Å². The summed E-state index contributed by atoms with van der Waals surface area (Å²) in [7, 11) is 1.69. The van der Waals surface area contributed by atoms with Crippen molar-refractivity contribution in [3.63, 3.8) is 0 Å². The van der Waals surface area contributed by atoms with Crippen molar-refractivity contribution in [2.75, 3.05) is 33.5 Å². The Balaban J connectivity index is 2.52. The Bertz CT molecular complexity index is 379. The lowest BCUT2D eigenvalue weighted by Gasteiger charge is -2.12. The lowest BCUT2D eigenvalue weighted by atomic mass is 10.2. The van der Waals surface area contributed by atoms with Gasteiger partial charge in [-0.1, -0.05) is 0 Å². The standard InChI is InChI=1S/C14H21Br2NO3/c1-19-7-4-17-10-11-8-12(15)14(13(16)9-11)20-6-3-2-5-18/h8-9,17-18H,2-7,10H2,1H3. The number of benzene rings is 1. The van der Waals surface area contributed by atoms with E-state index < -0.39 is 0 Å². The van der Waals surface area contributed by atoms with Crippen molar-refractivity contribution in [2.24, 2.45) is 0 Å². The van der Waals surface area contributed by atoms with Crippen LogP contribution in [0.15, 0.2) is 21.1 Å². The van der Waals surface area contributed by atoms with Crippen LogP contribution in [0.2, 0.25) is 0 Å². The van der Waals surface area contributed by atoms with E-state index >= 15 is 0 Å². The fourth-order valence-electron chi connectivity index (χ4n) is 1.65. The Morgan fingerprint density at radius 1 is 1.15 bits per heavy atom. The predicted octanol–water partition coefficient (Wildman–Crippen LogP) is 3.10. The smallest absolute Gasteiger partial charge is 0.147 e. The molecule has 0 saturated heterocycles. The van der Waals surface area contributed by atoms with Gasteiger partial charge in [-0.05, 0) is 62.4 Å².